The Kier molecular flexibility index (Phi) is 6.01. The van der Waals surface area contributed by atoms with Gasteiger partial charge >= 0.3 is 6.03 Å². The fourth-order valence-electron chi connectivity index (χ4n) is 1.78. The largest absolute Gasteiger partial charge is 0.349 e. The second-order valence-corrected chi connectivity index (χ2v) is 5.58. The van der Waals surface area contributed by atoms with Crippen molar-refractivity contribution in [2.75, 3.05) is 25.5 Å². The summed E-state index contributed by atoms with van der Waals surface area (Å²) in [4.78, 5) is 15.6. The number of guanidine groups is 1. The molecule has 1 rings (SSSR count). The van der Waals surface area contributed by atoms with Crippen LogP contribution < -0.4 is 10.2 Å². The number of nitrogens with one attached hydrogen (secondary N) is 2. The summed E-state index contributed by atoms with van der Waals surface area (Å²) in [6.45, 7) is 4.58. The predicted molar refractivity (Wildman–Crippen MR) is 86.5 cm³/mol. The smallest absolute Gasteiger partial charge is 0.328 e. The molecule has 1 aromatic carbocycles. The molecule has 0 fully saturated rings. The molecule has 20 heavy (non-hydrogen) atoms. The molecule has 0 bridgehead atoms. The van der Waals surface area contributed by atoms with E-state index in [1.54, 1.807) is 23.9 Å². The number of urea groups is 1. The number of rotatable bonds is 3. The molecule has 0 saturated carbocycles. The third kappa shape index (κ3) is 3.96. The van der Waals surface area contributed by atoms with Crippen LogP contribution in [0.4, 0.5) is 10.5 Å². The van der Waals surface area contributed by atoms with Crippen LogP contribution in [0.25, 0.3) is 0 Å². The van der Waals surface area contributed by atoms with E-state index in [2.05, 4.69) is 21.2 Å². The standard InChI is InChI=1S/C14H21BrN4O/c1-5-9-19(14(20)17-13(16)18(3)4)12-10(2)7-6-8-11(12)15/h6-8H,5,9H2,1-4H3,(H2,16,17,20). The quantitative estimate of drug-likeness (QED) is 0.655. The normalized spacial score (nSPS) is 10.1. The van der Waals surface area contributed by atoms with Crippen molar-refractivity contribution in [1.82, 2.24) is 10.2 Å². The summed E-state index contributed by atoms with van der Waals surface area (Å²) in [5.41, 5.74) is 1.86. The Hall–Kier alpha value is -1.56. The summed E-state index contributed by atoms with van der Waals surface area (Å²) >= 11 is 3.50. The van der Waals surface area contributed by atoms with E-state index in [4.69, 9.17) is 5.41 Å². The van der Waals surface area contributed by atoms with Gasteiger partial charge in [-0.1, -0.05) is 19.1 Å². The van der Waals surface area contributed by atoms with Gasteiger partial charge in [-0.3, -0.25) is 15.6 Å². The van der Waals surface area contributed by atoms with E-state index in [1.807, 2.05) is 32.0 Å². The number of amides is 2. The lowest BCUT2D eigenvalue weighted by molar-refractivity contribution is 0.249. The number of anilines is 1. The molecular formula is C14H21BrN4O. The van der Waals surface area contributed by atoms with Crippen molar-refractivity contribution in [2.24, 2.45) is 0 Å². The van der Waals surface area contributed by atoms with E-state index < -0.39 is 0 Å². The molecule has 0 aliphatic heterocycles. The number of para-hydroxylation sites is 1. The lowest BCUT2D eigenvalue weighted by Crippen LogP contribution is -2.47. The minimum absolute atomic E-state index is 0.0702. The fourth-order valence-corrected chi connectivity index (χ4v) is 2.46. The van der Waals surface area contributed by atoms with Gasteiger partial charge in [-0.05, 0) is 40.9 Å². The Morgan fingerprint density at radius 1 is 1.40 bits per heavy atom. The van der Waals surface area contributed by atoms with E-state index in [0.29, 0.717) is 6.54 Å². The fraction of sp³-hybridized carbons (Fsp3) is 0.429. The van der Waals surface area contributed by atoms with Crippen LogP contribution in [-0.4, -0.2) is 37.5 Å². The van der Waals surface area contributed by atoms with Gasteiger partial charge in [0.25, 0.3) is 0 Å². The molecule has 0 aliphatic carbocycles. The first-order valence-electron chi connectivity index (χ1n) is 6.48. The predicted octanol–water partition coefficient (Wildman–Crippen LogP) is 3.18. The highest BCUT2D eigenvalue weighted by Crippen LogP contribution is 2.30. The second-order valence-electron chi connectivity index (χ2n) is 4.73. The summed E-state index contributed by atoms with van der Waals surface area (Å²) in [7, 11) is 3.44. The summed E-state index contributed by atoms with van der Waals surface area (Å²) in [6, 6.07) is 5.52. The minimum atomic E-state index is -0.291. The maximum atomic E-state index is 12.4. The molecule has 0 heterocycles. The number of carbonyl (C=O) groups is 1. The van der Waals surface area contributed by atoms with E-state index in [9.17, 15) is 4.79 Å². The molecule has 0 spiro atoms. The highest BCUT2D eigenvalue weighted by atomic mass is 79.9. The van der Waals surface area contributed by atoms with Gasteiger partial charge in [-0.15, -0.1) is 0 Å². The third-order valence-corrected chi connectivity index (χ3v) is 3.46. The van der Waals surface area contributed by atoms with E-state index in [1.165, 1.54) is 0 Å². The number of carbonyl (C=O) groups excluding carboxylic acids is 1. The average Bonchev–Trinajstić information content (AvgIpc) is 2.37. The number of hydrogen-bond donors (Lipinski definition) is 2. The van der Waals surface area contributed by atoms with Crippen molar-refractivity contribution in [3.05, 3.63) is 28.2 Å². The lowest BCUT2D eigenvalue weighted by atomic mass is 10.2. The van der Waals surface area contributed by atoms with Crippen LogP contribution in [0.2, 0.25) is 0 Å². The molecular weight excluding hydrogens is 320 g/mol. The van der Waals surface area contributed by atoms with Crippen LogP contribution in [0.5, 0.6) is 0 Å². The zero-order valence-corrected chi connectivity index (χ0v) is 13.9. The maximum Gasteiger partial charge on any atom is 0.328 e. The summed E-state index contributed by atoms with van der Waals surface area (Å²) < 4.78 is 0.873. The summed E-state index contributed by atoms with van der Waals surface area (Å²) in [6.07, 6.45) is 0.837. The lowest BCUT2D eigenvalue weighted by Gasteiger charge is -2.26. The van der Waals surface area contributed by atoms with E-state index >= 15 is 0 Å². The molecule has 0 aromatic heterocycles. The number of benzene rings is 1. The van der Waals surface area contributed by atoms with Gasteiger partial charge in [-0.2, -0.15) is 0 Å². The second kappa shape index (κ2) is 7.28. The van der Waals surface area contributed by atoms with Crippen LogP contribution in [-0.2, 0) is 0 Å². The van der Waals surface area contributed by atoms with Crippen molar-refractivity contribution in [2.45, 2.75) is 20.3 Å². The van der Waals surface area contributed by atoms with Gasteiger partial charge < -0.3 is 4.90 Å². The van der Waals surface area contributed by atoms with E-state index in [-0.39, 0.29) is 12.0 Å². The van der Waals surface area contributed by atoms with Crippen LogP contribution >= 0.6 is 15.9 Å². The zero-order chi connectivity index (χ0) is 15.3. The van der Waals surface area contributed by atoms with Gasteiger partial charge in [0.1, 0.15) is 0 Å². The Bertz CT molecular complexity index is 482. The molecule has 0 radical (unpaired) electrons. The molecule has 2 amide bonds. The molecule has 0 atom stereocenters. The first-order chi connectivity index (χ1) is 9.38. The average molecular weight is 341 g/mol. The Morgan fingerprint density at radius 3 is 2.55 bits per heavy atom. The molecule has 110 valence electrons. The van der Waals surface area contributed by atoms with E-state index in [0.717, 1.165) is 22.1 Å². The number of nitrogens with zero attached hydrogens (tertiary/aromatic N) is 2. The molecule has 0 unspecified atom stereocenters. The van der Waals surface area contributed by atoms with Gasteiger partial charge in [0.15, 0.2) is 5.96 Å². The molecule has 2 N–H and O–H groups in total. The number of aryl methyl sites for hydroxylation is 1. The molecule has 6 heteroatoms. The molecule has 1 aromatic rings. The van der Waals surface area contributed by atoms with Gasteiger partial charge in [0, 0.05) is 25.1 Å². The first kappa shape index (κ1) is 16.5. The van der Waals surface area contributed by atoms with Gasteiger partial charge in [0.05, 0.1) is 5.69 Å². The van der Waals surface area contributed by atoms with Crippen molar-refractivity contribution >= 4 is 33.6 Å². The Labute approximate surface area is 128 Å². The first-order valence-corrected chi connectivity index (χ1v) is 7.27. The highest BCUT2D eigenvalue weighted by molar-refractivity contribution is 9.10. The maximum absolute atomic E-state index is 12.4. The summed E-state index contributed by atoms with van der Waals surface area (Å²) in [5.74, 6) is 0.0702. The Morgan fingerprint density at radius 2 is 2.05 bits per heavy atom. The van der Waals surface area contributed by atoms with Gasteiger partial charge in [0.2, 0.25) is 0 Å². The SMILES string of the molecule is CCCN(C(=O)NC(=N)N(C)C)c1c(C)cccc1Br. The minimum Gasteiger partial charge on any atom is -0.349 e. The van der Waals surface area contributed by atoms with Crippen LogP contribution in [0, 0.1) is 12.3 Å². The zero-order valence-electron chi connectivity index (χ0n) is 12.3. The van der Waals surface area contributed by atoms with Crippen molar-refractivity contribution < 1.29 is 4.79 Å². The summed E-state index contributed by atoms with van der Waals surface area (Å²) in [5, 5.41) is 10.3. The van der Waals surface area contributed by atoms with Crippen molar-refractivity contribution in [3.63, 3.8) is 0 Å². The Balaban J connectivity index is 3.05. The van der Waals surface area contributed by atoms with Crippen LogP contribution in [0.3, 0.4) is 0 Å². The van der Waals surface area contributed by atoms with Crippen molar-refractivity contribution in [1.29, 1.82) is 5.41 Å². The number of halogens is 1. The molecule has 5 nitrogen and oxygen atoms in total. The third-order valence-electron chi connectivity index (χ3n) is 2.82. The van der Waals surface area contributed by atoms with Crippen molar-refractivity contribution in [3.8, 4) is 0 Å². The molecule has 0 saturated heterocycles. The van der Waals surface area contributed by atoms with Gasteiger partial charge in [-0.25, -0.2) is 4.79 Å². The monoisotopic (exact) mass is 340 g/mol. The topological polar surface area (TPSA) is 59.4 Å². The van der Waals surface area contributed by atoms with Crippen LogP contribution in [0.15, 0.2) is 22.7 Å². The number of hydrogen-bond acceptors (Lipinski definition) is 2. The molecule has 0 aliphatic rings. The highest BCUT2D eigenvalue weighted by Gasteiger charge is 2.20. The van der Waals surface area contributed by atoms with Crippen LogP contribution in [0.1, 0.15) is 18.9 Å².